The number of aliphatic carboxylic acids is 1. The summed E-state index contributed by atoms with van der Waals surface area (Å²) in [6, 6.07) is 7.10. The molecule has 1 aliphatic rings. The first-order valence-electron chi connectivity index (χ1n) is 8.58. The maximum atomic E-state index is 13.0. The monoisotopic (exact) mass is 409 g/mol. The van der Waals surface area contributed by atoms with Crippen molar-refractivity contribution in [2.75, 3.05) is 5.75 Å². The first-order chi connectivity index (χ1) is 12.8. The van der Waals surface area contributed by atoms with E-state index in [0.717, 1.165) is 10.1 Å². The molecule has 2 aromatic rings. The third-order valence-corrected chi connectivity index (χ3v) is 6.06. The Morgan fingerprint density at radius 2 is 2.00 bits per heavy atom. The molecular formula is C18H20ClN3O4S. The number of halogens is 1. The molecule has 1 fully saturated rings. The van der Waals surface area contributed by atoms with Crippen molar-refractivity contribution in [3.63, 3.8) is 0 Å². The van der Waals surface area contributed by atoms with Gasteiger partial charge in [0.25, 0.3) is 0 Å². The first kappa shape index (κ1) is 19.7. The van der Waals surface area contributed by atoms with Gasteiger partial charge in [-0.15, -0.1) is 0 Å². The van der Waals surface area contributed by atoms with Crippen LogP contribution in [0, 0.1) is 11.3 Å². The molecule has 3 rings (SSSR count). The highest BCUT2D eigenvalue weighted by Crippen LogP contribution is 2.52. The number of carboxylic acid groups (broad SMARTS) is 1. The predicted octanol–water partition coefficient (Wildman–Crippen LogP) is 2.33. The van der Waals surface area contributed by atoms with E-state index < -0.39 is 22.8 Å². The van der Waals surface area contributed by atoms with Crippen molar-refractivity contribution >= 4 is 29.3 Å². The van der Waals surface area contributed by atoms with Gasteiger partial charge in [-0.1, -0.05) is 42.4 Å². The Morgan fingerprint density at radius 1 is 1.33 bits per heavy atom. The van der Waals surface area contributed by atoms with Crippen LogP contribution in [0.4, 0.5) is 0 Å². The number of hydrogen-bond acceptors (Lipinski definition) is 5. The van der Waals surface area contributed by atoms with Crippen molar-refractivity contribution in [3.05, 3.63) is 55.8 Å². The normalized spacial score (nSPS) is 21.2. The second kappa shape index (κ2) is 7.52. The van der Waals surface area contributed by atoms with Gasteiger partial charge < -0.3 is 5.11 Å². The van der Waals surface area contributed by atoms with Crippen molar-refractivity contribution in [1.29, 1.82) is 0 Å². The zero-order chi connectivity index (χ0) is 19.8. The standard InChI is InChI=1S/C18H20ClN3O4S/c1-3-27-16-20-15(25)21(10-12-8-18(12,2)14(23)24)17(26)22(16)9-11-4-6-13(19)7-5-11/h4-7,12H,3,8-10H2,1-2H3,(H,23,24). The summed E-state index contributed by atoms with van der Waals surface area (Å²) in [6.07, 6.45) is 0.441. The van der Waals surface area contributed by atoms with Crippen LogP contribution in [-0.4, -0.2) is 30.9 Å². The van der Waals surface area contributed by atoms with E-state index in [9.17, 15) is 19.5 Å². The summed E-state index contributed by atoms with van der Waals surface area (Å²) in [7, 11) is 0. The molecule has 7 nitrogen and oxygen atoms in total. The molecule has 144 valence electrons. The molecule has 0 radical (unpaired) electrons. The third-order valence-electron chi connectivity index (χ3n) is 4.95. The highest BCUT2D eigenvalue weighted by molar-refractivity contribution is 7.99. The quantitative estimate of drug-likeness (QED) is 0.705. The molecule has 1 saturated carbocycles. The fraction of sp³-hybridized carbons (Fsp3) is 0.444. The van der Waals surface area contributed by atoms with Gasteiger partial charge in [-0.2, -0.15) is 4.98 Å². The second-order valence-corrected chi connectivity index (χ2v) is 8.51. The van der Waals surface area contributed by atoms with Gasteiger partial charge in [0, 0.05) is 11.6 Å². The van der Waals surface area contributed by atoms with E-state index in [-0.39, 0.29) is 19.0 Å². The van der Waals surface area contributed by atoms with Crippen LogP contribution in [0.25, 0.3) is 0 Å². The Labute approximate surface area is 165 Å². The van der Waals surface area contributed by atoms with Crippen LogP contribution >= 0.6 is 23.4 Å². The van der Waals surface area contributed by atoms with Gasteiger partial charge in [0.05, 0.1) is 12.0 Å². The van der Waals surface area contributed by atoms with Gasteiger partial charge in [0.2, 0.25) is 0 Å². The Morgan fingerprint density at radius 3 is 2.56 bits per heavy atom. The second-order valence-electron chi connectivity index (χ2n) is 6.84. The van der Waals surface area contributed by atoms with Crippen molar-refractivity contribution in [2.45, 2.75) is 38.5 Å². The lowest BCUT2D eigenvalue weighted by Gasteiger charge is -2.14. The predicted molar refractivity (Wildman–Crippen MR) is 104 cm³/mol. The number of nitrogens with zero attached hydrogens (tertiary/aromatic N) is 3. The van der Waals surface area contributed by atoms with Crippen LogP contribution in [0.15, 0.2) is 39.0 Å². The van der Waals surface area contributed by atoms with Crippen molar-refractivity contribution in [2.24, 2.45) is 11.3 Å². The lowest BCUT2D eigenvalue weighted by molar-refractivity contribution is -0.143. The highest BCUT2D eigenvalue weighted by Gasteiger charge is 2.56. The van der Waals surface area contributed by atoms with Gasteiger partial charge >= 0.3 is 17.3 Å². The summed E-state index contributed by atoms with van der Waals surface area (Å²) in [5, 5.41) is 10.2. The van der Waals surface area contributed by atoms with Gasteiger partial charge in [-0.05, 0) is 42.7 Å². The van der Waals surface area contributed by atoms with Crippen LogP contribution in [0.3, 0.4) is 0 Å². The Kier molecular flexibility index (Phi) is 5.48. The van der Waals surface area contributed by atoms with E-state index in [1.807, 2.05) is 19.1 Å². The number of benzene rings is 1. The third kappa shape index (κ3) is 3.96. The molecule has 2 unspecified atom stereocenters. The summed E-state index contributed by atoms with van der Waals surface area (Å²) in [6.45, 7) is 3.86. The van der Waals surface area contributed by atoms with E-state index in [2.05, 4.69) is 4.98 Å². The average Bonchev–Trinajstić information content (AvgIpc) is 3.29. The van der Waals surface area contributed by atoms with E-state index >= 15 is 0 Å². The van der Waals surface area contributed by atoms with Gasteiger partial charge in [-0.3, -0.25) is 9.36 Å². The maximum Gasteiger partial charge on any atom is 0.354 e. The molecule has 27 heavy (non-hydrogen) atoms. The minimum absolute atomic E-state index is 0.0607. The van der Waals surface area contributed by atoms with E-state index in [4.69, 9.17) is 11.6 Å². The maximum absolute atomic E-state index is 13.0. The minimum atomic E-state index is -0.909. The highest BCUT2D eigenvalue weighted by atomic mass is 35.5. The molecule has 1 aromatic carbocycles. The lowest BCUT2D eigenvalue weighted by atomic mass is 10.1. The Hall–Kier alpha value is -2.06. The molecule has 1 heterocycles. The van der Waals surface area contributed by atoms with Crippen LogP contribution in [0.2, 0.25) is 5.02 Å². The molecule has 9 heteroatoms. The van der Waals surface area contributed by atoms with Crippen molar-refractivity contribution in [1.82, 2.24) is 14.1 Å². The van der Waals surface area contributed by atoms with Gasteiger partial charge in [0.1, 0.15) is 0 Å². The number of rotatable bonds is 7. The zero-order valence-corrected chi connectivity index (χ0v) is 16.6. The fourth-order valence-electron chi connectivity index (χ4n) is 3.02. The fourth-order valence-corrected chi connectivity index (χ4v) is 3.84. The summed E-state index contributed by atoms with van der Waals surface area (Å²) >= 11 is 7.23. The summed E-state index contributed by atoms with van der Waals surface area (Å²) < 4.78 is 2.51. The van der Waals surface area contributed by atoms with E-state index in [0.29, 0.717) is 22.4 Å². The van der Waals surface area contributed by atoms with Gasteiger partial charge in [0.15, 0.2) is 5.16 Å². The molecule has 0 aliphatic heterocycles. The van der Waals surface area contributed by atoms with Crippen LogP contribution in [-0.2, 0) is 17.9 Å². The van der Waals surface area contributed by atoms with Crippen molar-refractivity contribution in [3.8, 4) is 0 Å². The molecule has 1 aliphatic carbocycles. The SMILES string of the molecule is CCSc1nc(=O)n(CC2CC2(C)C(=O)O)c(=O)n1Cc1ccc(Cl)cc1. The molecule has 2 atom stereocenters. The van der Waals surface area contributed by atoms with Crippen LogP contribution in [0.1, 0.15) is 25.8 Å². The minimum Gasteiger partial charge on any atom is -0.481 e. The average molecular weight is 410 g/mol. The number of carbonyl (C=O) groups is 1. The largest absolute Gasteiger partial charge is 0.481 e. The molecule has 0 amide bonds. The topological polar surface area (TPSA) is 94.2 Å². The lowest BCUT2D eigenvalue weighted by Crippen LogP contribution is -2.43. The molecular weight excluding hydrogens is 390 g/mol. The summed E-state index contributed by atoms with van der Waals surface area (Å²) in [5.41, 5.74) is -1.14. The molecule has 0 saturated heterocycles. The number of hydrogen-bond donors (Lipinski definition) is 1. The van der Waals surface area contributed by atoms with E-state index in [1.165, 1.54) is 16.3 Å². The van der Waals surface area contributed by atoms with Crippen molar-refractivity contribution < 1.29 is 9.90 Å². The summed E-state index contributed by atoms with van der Waals surface area (Å²) in [5.74, 6) is -0.500. The smallest absolute Gasteiger partial charge is 0.354 e. The summed E-state index contributed by atoms with van der Waals surface area (Å²) in [4.78, 5) is 40.8. The zero-order valence-electron chi connectivity index (χ0n) is 15.0. The number of thioether (sulfide) groups is 1. The van der Waals surface area contributed by atoms with Crippen LogP contribution < -0.4 is 11.4 Å². The molecule has 0 spiro atoms. The van der Waals surface area contributed by atoms with E-state index in [1.54, 1.807) is 19.1 Å². The molecule has 1 N–H and O–H groups in total. The number of carboxylic acids is 1. The van der Waals surface area contributed by atoms with Gasteiger partial charge in [-0.25, -0.2) is 14.2 Å². The van der Waals surface area contributed by atoms with Crippen LogP contribution in [0.5, 0.6) is 0 Å². The number of aromatic nitrogens is 3. The first-order valence-corrected chi connectivity index (χ1v) is 9.95. The Balaban J connectivity index is 1.98. The molecule has 0 bridgehead atoms. The molecule has 1 aromatic heterocycles. The Bertz CT molecular complexity index is 986.